The summed E-state index contributed by atoms with van der Waals surface area (Å²) in [6.45, 7) is 4.09. The van der Waals surface area contributed by atoms with E-state index in [1.54, 1.807) is 0 Å². The Morgan fingerprint density at radius 2 is 2.25 bits per heavy atom. The van der Waals surface area contributed by atoms with Gasteiger partial charge < -0.3 is 10.2 Å². The van der Waals surface area contributed by atoms with Crippen molar-refractivity contribution in [3.8, 4) is 17.5 Å². The number of hydrogen-bond acceptors (Lipinski definition) is 4. The predicted molar refractivity (Wildman–Crippen MR) is 91.0 cm³/mol. The Kier molecular flexibility index (Phi) is 4.80. The van der Waals surface area contributed by atoms with Crippen LogP contribution < -0.4 is 5.32 Å². The van der Waals surface area contributed by atoms with Gasteiger partial charge in [-0.05, 0) is 31.7 Å². The fourth-order valence-electron chi connectivity index (χ4n) is 3.08. The minimum atomic E-state index is -0.0254. The summed E-state index contributed by atoms with van der Waals surface area (Å²) in [4.78, 5) is 14.5. The lowest BCUT2D eigenvalue weighted by Gasteiger charge is -2.32. The number of hydrogen-bond donors (Lipinski definition) is 2. The number of aromatic amines is 1. The highest BCUT2D eigenvalue weighted by molar-refractivity contribution is 5.93. The molecule has 6 heteroatoms. The Morgan fingerprint density at radius 3 is 3.00 bits per heavy atom. The molecule has 1 fully saturated rings. The summed E-state index contributed by atoms with van der Waals surface area (Å²) in [5.41, 5.74) is 3.47. The quantitative estimate of drug-likeness (QED) is 0.668. The summed E-state index contributed by atoms with van der Waals surface area (Å²) in [5, 5.41) is 18.5. The zero-order valence-electron chi connectivity index (χ0n) is 13.7. The van der Waals surface area contributed by atoms with Gasteiger partial charge in [-0.15, -0.1) is 0 Å². The molecule has 1 aliphatic rings. The van der Waals surface area contributed by atoms with Crippen LogP contribution in [0.25, 0.3) is 11.3 Å². The third kappa shape index (κ3) is 3.57. The van der Waals surface area contributed by atoms with E-state index in [0.717, 1.165) is 30.6 Å². The molecule has 0 saturated carbocycles. The number of amides is 1. The molecule has 2 N–H and O–H groups in total. The number of carbonyl (C=O) groups is 1. The molecule has 0 radical (unpaired) electrons. The normalized spacial score (nSPS) is 17.3. The Hall–Kier alpha value is -2.81. The number of piperidine rings is 1. The molecular weight excluding hydrogens is 302 g/mol. The van der Waals surface area contributed by atoms with Crippen molar-refractivity contribution in [2.24, 2.45) is 5.92 Å². The molecule has 124 valence electrons. The minimum Gasteiger partial charge on any atom is -0.337 e. The highest BCUT2D eigenvalue weighted by Gasteiger charge is 2.25. The van der Waals surface area contributed by atoms with Crippen LogP contribution in [0.5, 0.6) is 0 Å². The molecule has 0 spiro atoms. The molecule has 1 aromatic carbocycles. The van der Waals surface area contributed by atoms with E-state index < -0.39 is 0 Å². The van der Waals surface area contributed by atoms with E-state index in [1.165, 1.54) is 5.56 Å². The van der Waals surface area contributed by atoms with Crippen LogP contribution >= 0.6 is 0 Å². The number of aromatic nitrogens is 2. The van der Waals surface area contributed by atoms with E-state index in [4.69, 9.17) is 5.26 Å². The van der Waals surface area contributed by atoms with Gasteiger partial charge in [-0.3, -0.25) is 9.89 Å². The van der Waals surface area contributed by atoms with Crippen LogP contribution in [0.4, 0.5) is 0 Å². The first kappa shape index (κ1) is 16.1. The van der Waals surface area contributed by atoms with Gasteiger partial charge >= 0.3 is 0 Å². The van der Waals surface area contributed by atoms with Gasteiger partial charge in [0.25, 0.3) is 5.91 Å². The van der Waals surface area contributed by atoms with Crippen LogP contribution in [0.15, 0.2) is 30.3 Å². The molecule has 2 aromatic rings. The number of benzene rings is 1. The van der Waals surface area contributed by atoms with Crippen molar-refractivity contribution in [2.45, 2.75) is 19.8 Å². The van der Waals surface area contributed by atoms with Gasteiger partial charge in [0.1, 0.15) is 5.69 Å². The van der Waals surface area contributed by atoms with E-state index in [2.05, 4.69) is 15.5 Å². The second-order valence-corrected chi connectivity index (χ2v) is 6.29. The third-order valence-electron chi connectivity index (χ3n) is 4.43. The first-order valence-corrected chi connectivity index (χ1v) is 8.21. The van der Waals surface area contributed by atoms with Crippen molar-refractivity contribution in [2.75, 3.05) is 19.6 Å². The molecule has 2 heterocycles. The largest absolute Gasteiger partial charge is 0.337 e. The molecule has 0 aliphatic carbocycles. The minimum absolute atomic E-state index is 0.0254. The maximum Gasteiger partial charge on any atom is 0.271 e. The Balaban J connectivity index is 1.69. The molecule has 1 aromatic heterocycles. The molecule has 1 amide bonds. The van der Waals surface area contributed by atoms with Crippen LogP contribution in [0.2, 0.25) is 0 Å². The second kappa shape index (κ2) is 7.18. The molecule has 1 atom stereocenters. The van der Waals surface area contributed by atoms with Crippen molar-refractivity contribution in [1.82, 2.24) is 20.4 Å². The van der Waals surface area contributed by atoms with Crippen molar-refractivity contribution >= 4 is 5.91 Å². The standard InChI is InChI=1S/C18H21N5O/c1-13-4-6-15(7-5-13)16-9-17(22-21-16)18(24)23-8-2-3-14(11-23)10-20-12-19/h4-7,9,14,20H,2-3,8,10-11H2,1H3,(H,21,22)/t14-/m1/s1. The monoisotopic (exact) mass is 323 g/mol. The average Bonchev–Trinajstić information content (AvgIpc) is 3.10. The maximum absolute atomic E-state index is 12.7. The van der Waals surface area contributed by atoms with Crippen LogP contribution in [0.1, 0.15) is 28.9 Å². The SMILES string of the molecule is Cc1ccc(-c2cc(C(=O)N3CCC[C@H](CNC#N)C3)[nH]n2)cc1. The van der Waals surface area contributed by atoms with Crippen LogP contribution in [-0.2, 0) is 0 Å². The van der Waals surface area contributed by atoms with E-state index in [1.807, 2.05) is 48.3 Å². The number of H-pyrrole nitrogens is 1. The Morgan fingerprint density at radius 1 is 1.46 bits per heavy atom. The van der Waals surface area contributed by atoms with Crippen molar-refractivity contribution in [3.05, 3.63) is 41.6 Å². The summed E-state index contributed by atoms with van der Waals surface area (Å²) in [6.07, 6.45) is 3.95. The number of rotatable bonds is 4. The number of nitrogens with one attached hydrogen (secondary N) is 2. The van der Waals surface area contributed by atoms with Gasteiger partial charge in [-0.1, -0.05) is 29.8 Å². The van der Waals surface area contributed by atoms with Crippen molar-refractivity contribution in [3.63, 3.8) is 0 Å². The second-order valence-electron chi connectivity index (χ2n) is 6.29. The predicted octanol–water partition coefficient (Wildman–Crippen LogP) is 2.31. The highest BCUT2D eigenvalue weighted by atomic mass is 16.2. The number of aryl methyl sites for hydroxylation is 1. The Labute approximate surface area is 141 Å². The molecule has 1 aliphatic heterocycles. The van der Waals surface area contributed by atoms with Gasteiger partial charge in [0.15, 0.2) is 6.19 Å². The zero-order chi connectivity index (χ0) is 16.9. The third-order valence-corrected chi connectivity index (χ3v) is 4.43. The summed E-state index contributed by atoms with van der Waals surface area (Å²) >= 11 is 0. The molecular formula is C18H21N5O. The maximum atomic E-state index is 12.7. The van der Waals surface area contributed by atoms with E-state index in [-0.39, 0.29) is 5.91 Å². The van der Waals surface area contributed by atoms with Crippen LogP contribution in [0.3, 0.4) is 0 Å². The lowest BCUT2D eigenvalue weighted by atomic mass is 9.98. The van der Waals surface area contributed by atoms with Gasteiger partial charge in [0, 0.05) is 25.2 Å². The first-order chi connectivity index (χ1) is 11.7. The van der Waals surface area contributed by atoms with Gasteiger partial charge in [0.2, 0.25) is 0 Å². The molecule has 0 unspecified atom stereocenters. The van der Waals surface area contributed by atoms with E-state index in [9.17, 15) is 4.79 Å². The molecule has 3 rings (SSSR count). The fourth-order valence-corrected chi connectivity index (χ4v) is 3.08. The van der Waals surface area contributed by atoms with Gasteiger partial charge in [-0.25, -0.2) is 0 Å². The number of nitrogens with zero attached hydrogens (tertiary/aromatic N) is 3. The lowest BCUT2D eigenvalue weighted by molar-refractivity contribution is 0.0669. The first-order valence-electron chi connectivity index (χ1n) is 8.21. The van der Waals surface area contributed by atoms with Crippen LogP contribution in [0, 0.1) is 24.3 Å². The van der Waals surface area contributed by atoms with Crippen molar-refractivity contribution < 1.29 is 4.79 Å². The smallest absolute Gasteiger partial charge is 0.271 e. The summed E-state index contributed by atoms with van der Waals surface area (Å²) in [6, 6.07) is 9.88. The number of nitriles is 1. The van der Waals surface area contributed by atoms with Crippen molar-refractivity contribution in [1.29, 1.82) is 5.26 Å². The fraction of sp³-hybridized carbons (Fsp3) is 0.389. The Bertz CT molecular complexity index is 744. The molecule has 6 nitrogen and oxygen atoms in total. The van der Waals surface area contributed by atoms with E-state index >= 15 is 0 Å². The zero-order valence-corrected chi connectivity index (χ0v) is 13.7. The topological polar surface area (TPSA) is 84.8 Å². The average molecular weight is 323 g/mol. The van der Waals surface area contributed by atoms with Crippen LogP contribution in [-0.4, -0.2) is 40.6 Å². The summed E-state index contributed by atoms with van der Waals surface area (Å²) in [5.74, 6) is 0.296. The molecule has 0 bridgehead atoms. The highest BCUT2D eigenvalue weighted by Crippen LogP contribution is 2.21. The number of likely N-dealkylation sites (tertiary alicyclic amines) is 1. The van der Waals surface area contributed by atoms with Gasteiger partial charge in [-0.2, -0.15) is 10.4 Å². The van der Waals surface area contributed by atoms with E-state index in [0.29, 0.717) is 24.7 Å². The molecule has 24 heavy (non-hydrogen) atoms. The summed E-state index contributed by atoms with van der Waals surface area (Å²) in [7, 11) is 0. The number of carbonyl (C=O) groups excluding carboxylic acids is 1. The lowest BCUT2D eigenvalue weighted by Crippen LogP contribution is -2.42. The summed E-state index contributed by atoms with van der Waals surface area (Å²) < 4.78 is 0. The molecule has 1 saturated heterocycles. The van der Waals surface area contributed by atoms with Gasteiger partial charge in [0.05, 0.1) is 5.69 Å².